The van der Waals surface area contributed by atoms with Crippen LogP contribution in [-0.2, 0) is 13.9 Å². The van der Waals surface area contributed by atoms with E-state index in [4.69, 9.17) is 0 Å². The van der Waals surface area contributed by atoms with Crippen LogP contribution in [0.25, 0.3) is 0 Å². The summed E-state index contributed by atoms with van der Waals surface area (Å²) in [6.07, 6.45) is 5.36. The van der Waals surface area contributed by atoms with Crippen molar-refractivity contribution in [3.63, 3.8) is 0 Å². The fourth-order valence-electron chi connectivity index (χ4n) is 2.13. The van der Waals surface area contributed by atoms with Crippen molar-refractivity contribution in [2.24, 2.45) is 5.92 Å². The van der Waals surface area contributed by atoms with Gasteiger partial charge in [-0.25, -0.2) is 0 Å². The number of Topliss-reactive ketones (excluding diaryl/α,β-unsaturated/α-hetero) is 1. The lowest BCUT2D eigenvalue weighted by atomic mass is 9.79. The van der Waals surface area contributed by atoms with Crippen LogP contribution in [0.4, 0.5) is 0 Å². The Labute approximate surface area is 112 Å². The highest BCUT2D eigenvalue weighted by molar-refractivity contribution is 14.1. The van der Waals surface area contributed by atoms with E-state index in [2.05, 4.69) is 34.0 Å². The molecule has 16 heavy (non-hydrogen) atoms. The second kappa shape index (κ2) is 6.41. The van der Waals surface area contributed by atoms with Crippen molar-refractivity contribution in [1.29, 1.82) is 0 Å². The lowest BCUT2D eigenvalue weighted by Crippen LogP contribution is -2.31. The molecule has 1 aliphatic carbocycles. The number of carbonyl (C=O) groups is 1. The average Bonchev–Trinajstić information content (AvgIpc) is 2.29. The molecule has 0 aliphatic heterocycles. The number of halogens is 1. The normalized spacial score (nSPS) is 31.2. The number of hydrogen-bond acceptors (Lipinski definition) is 3. The van der Waals surface area contributed by atoms with Gasteiger partial charge in [-0.15, -0.1) is 4.52 Å². The van der Waals surface area contributed by atoms with Gasteiger partial charge in [0.05, 0.1) is 7.11 Å². The molecule has 1 rings (SSSR count). The number of carbonyl (C=O) groups excluding carboxylic acids is 1. The highest BCUT2D eigenvalue weighted by Crippen LogP contribution is 2.42. The minimum absolute atomic E-state index is 0.0941. The highest BCUT2D eigenvalue weighted by atomic mass is 127. The van der Waals surface area contributed by atoms with E-state index < -0.39 is 8.03 Å². The summed E-state index contributed by atoms with van der Waals surface area (Å²) in [5, 5.41) is 0. The van der Waals surface area contributed by atoms with Crippen LogP contribution in [0.3, 0.4) is 0 Å². The van der Waals surface area contributed by atoms with Crippen molar-refractivity contribution in [3.05, 3.63) is 0 Å². The maximum atomic E-state index is 11.8. The van der Waals surface area contributed by atoms with Gasteiger partial charge in [0.25, 0.3) is 0 Å². The second-order valence-corrected chi connectivity index (χ2v) is 8.05. The van der Waals surface area contributed by atoms with Crippen LogP contribution in [0.15, 0.2) is 0 Å². The van der Waals surface area contributed by atoms with Crippen LogP contribution in [0.2, 0.25) is 0 Å². The molecule has 1 saturated carbocycles. The van der Waals surface area contributed by atoms with Crippen molar-refractivity contribution in [3.8, 4) is 0 Å². The van der Waals surface area contributed by atoms with E-state index >= 15 is 0 Å². The molecule has 92 valence electrons. The summed E-state index contributed by atoms with van der Waals surface area (Å²) in [6, 6.07) is 0. The Hall–Kier alpha value is 0.460. The summed E-state index contributed by atoms with van der Waals surface area (Å²) in [5.41, 5.74) is 0. The lowest BCUT2D eigenvalue weighted by Gasteiger charge is -2.33. The predicted molar refractivity (Wildman–Crippen MR) is 73.5 cm³/mol. The van der Waals surface area contributed by atoms with Crippen LogP contribution >= 0.6 is 30.6 Å². The summed E-state index contributed by atoms with van der Waals surface area (Å²) in [7, 11) is -0.383. The molecule has 1 atom stereocenters. The molecule has 0 amide bonds. The van der Waals surface area contributed by atoms with Gasteiger partial charge < -0.3 is 0 Å². The van der Waals surface area contributed by atoms with Gasteiger partial charge in [0.2, 0.25) is 6.16 Å². The Kier molecular flexibility index (Phi) is 5.82. The maximum Gasteiger partial charge on any atom is 0.515 e. The third kappa shape index (κ3) is 4.04. The minimum Gasteiger partial charge on any atom is -0.294 e. The summed E-state index contributed by atoms with van der Waals surface area (Å²) >= 11 is 2.53. The summed E-state index contributed by atoms with van der Waals surface area (Å²) in [5.74, 6) is 0.237. The molecule has 3 nitrogen and oxygen atoms in total. The molecule has 0 radical (unpaired) electrons. The monoisotopic (exact) mass is 357 g/mol. The standard InChI is InChI=1S/C11H19IO3P/c1-3-11(12)6-4-9(5-7-11)10(13)8-16(14)15-2/h9H,3-8H2,1-2H3/q+1. The molecule has 0 saturated heterocycles. The molecule has 1 unspecified atom stereocenters. The second-order valence-electron chi connectivity index (χ2n) is 4.42. The number of alkyl halides is 1. The van der Waals surface area contributed by atoms with Gasteiger partial charge in [0.1, 0.15) is 0 Å². The lowest BCUT2D eigenvalue weighted by molar-refractivity contribution is -0.121. The Bertz CT molecular complexity index is 272. The van der Waals surface area contributed by atoms with Gasteiger partial charge in [-0.2, -0.15) is 0 Å². The highest BCUT2D eigenvalue weighted by Gasteiger charge is 2.36. The third-order valence-corrected chi connectivity index (χ3v) is 6.28. The molecular formula is C11H19IO3P+. The molecule has 0 aromatic rings. The van der Waals surface area contributed by atoms with Crippen LogP contribution in [0.5, 0.6) is 0 Å². The molecule has 1 aliphatic rings. The SMILES string of the molecule is CCC1(I)CCC(C(=O)C[P+](=O)OC)CC1. The summed E-state index contributed by atoms with van der Waals surface area (Å²) in [4.78, 5) is 11.8. The van der Waals surface area contributed by atoms with E-state index in [-0.39, 0.29) is 17.9 Å². The number of ketones is 1. The van der Waals surface area contributed by atoms with Crippen LogP contribution in [-0.4, -0.2) is 22.5 Å². The van der Waals surface area contributed by atoms with Crippen molar-refractivity contribution < 1.29 is 13.9 Å². The largest absolute Gasteiger partial charge is 0.515 e. The van der Waals surface area contributed by atoms with Crippen molar-refractivity contribution in [2.45, 2.75) is 42.4 Å². The zero-order valence-electron chi connectivity index (χ0n) is 9.87. The first-order chi connectivity index (χ1) is 7.50. The topological polar surface area (TPSA) is 43.4 Å². The first-order valence-corrected chi connectivity index (χ1v) is 8.15. The fourth-order valence-corrected chi connectivity index (χ4v) is 3.40. The van der Waals surface area contributed by atoms with Gasteiger partial charge in [0, 0.05) is 9.34 Å². The predicted octanol–water partition coefficient (Wildman–Crippen LogP) is 3.72. The van der Waals surface area contributed by atoms with Gasteiger partial charge in [-0.3, -0.25) is 4.79 Å². The van der Waals surface area contributed by atoms with Gasteiger partial charge >= 0.3 is 8.03 Å². The Morgan fingerprint density at radius 2 is 2.06 bits per heavy atom. The molecule has 1 fully saturated rings. The zero-order valence-corrected chi connectivity index (χ0v) is 12.9. The molecule has 5 heteroatoms. The van der Waals surface area contributed by atoms with Crippen LogP contribution < -0.4 is 0 Å². The van der Waals surface area contributed by atoms with Crippen molar-refractivity contribution >= 4 is 36.4 Å². The van der Waals surface area contributed by atoms with Gasteiger partial charge in [-0.05, 0) is 36.7 Å². The molecule has 0 aromatic carbocycles. The quantitative estimate of drug-likeness (QED) is 0.428. The zero-order chi connectivity index (χ0) is 12.2. The van der Waals surface area contributed by atoms with Crippen molar-refractivity contribution in [2.75, 3.05) is 13.3 Å². The molecule has 0 bridgehead atoms. The van der Waals surface area contributed by atoms with E-state index in [1.54, 1.807) is 0 Å². The average molecular weight is 357 g/mol. The Morgan fingerprint density at radius 3 is 2.50 bits per heavy atom. The maximum absolute atomic E-state index is 11.8. The van der Waals surface area contributed by atoms with E-state index in [1.165, 1.54) is 13.5 Å². The molecule has 0 N–H and O–H groups in total. The Morgan fingerprint density at radius 1 is 1.50 bits per heavy atom. The first kappa shape index (κ1) is 14.5. The van der Waals surface area contributed by atoms with E-state index in [0.29, 0.717) is 3.42 Å². The minimum atomic E-state index is -1.77. The van der Waals surface area contributed by atoms with Crippen molar-refractivity contribution in [1.82, 2.24) is 0 Å². The Balaban J connectivity index is 2.42. The first-order valence-electron chi connectivity index (χ1n) is 5.71. The smallest absolute Gasteiger partial charge is 0.294 e. The van der Waals surface area contributed by atoms with E-state index in [9.17, 15) is 9.36 Å². The number of hydrogen-bond donors (Lipinski definition) is 0. The molecule has 0 spiro atoms. The number of rotatable bonds is 5. The molecule has 0 heterocycles. The van der Waals surface area contributed by atoms with Gasteiger partial charge in [-0.1, -0.05) is 29.5 Å². The molecular weight excluding hydrogens is 338 g/mol. The molecule has 0 aromatic heterocycles. The fraction of sp³-hybridized carbons (Fsp3) is 0.909. The van der Waals surface area contributed by atoms with Crippen LogP contribution in [0, 0.1) is 5.92 Å². The summed E-state index contributed by atoms with van der Waals surface area (Å²) < 4.78 is 16.2. The third-order valence-electron chi connectivity index (χ3n) is 3.46. The summed E-state index contributed by atoms with van der Waals surface area (Å²) in [6.45, 7) is 2.20. The van der Waals surface area contributed by atoms with Gasteiger partial charge in [0.15, 0.2) is 5.78 Å². The van der Waals surface area contributed by atoms with Crippen LogP contribution in [0.1, 0.15) is 39.0 Å². The van der Waals surface area contributed by atoms with E-state index in [0.717, 1.165) is 25.7 Å². The van der Waals surface area contributed by atoms with E-state index in [1.807, 2.05) is 0 Å².